The number of halogens is 6. The lowest BCUT2D eigenvalue weighted by Gasteiger charge is -2.15. The van der Waals surface area contributed by atoms with Crippen LogP contribution in [0.3, 0.4) is 0 Å². The van der Waals surface area contributed by atoms with Crippen LogP contribution in [0, 0.1) is 13.8 Å². The molecule has 0 aliphatic carbocycles. The molecule has 6 aromatic rings. The summed E-state index contributed by atoms with van der Waals surface area (Å²) in [5, 5.41) is 22.9. The first-order valence-electron chi connectivity index (χ1n) is 17.2. The van der Waals surface area contributed by atoms with Gasteiger partial charge in [-0.25, -0.2) is 19.6 Å². The largest absolute Gasteiger partial charge is 0.507 e. The number of ether oxygens (including phenoxy) is 2. The highest BCUT2D eigenvalue weighted by atomic mass is 19.4. The van der Waals surface area contributed by atoms with Crippen molar-refractivity contribution >= 4 is 57.3 Å². The number of nitrogens with one attached hydrogen (secondary N) is 2. The van der Waals surface area contributed by atoms with Gasteiger partial charge in [0.1, 0.15) is 11.5 Å². The quantitative estimate of drug-likeness (QED) is 0.0573. The summed E-state index contributed by atoms with van der Waals surface area (Å²) in [6.07, 6.45) is -6.68. The van der Waals surface area contributed by atoms with Crippen molar-refractivity contribution in [1.29, 1.82) is 0 Å². The summed E-state index contributed by atoms with van der Waals surface area (Å²) in [6.45, 7) is 4.49. The minimum atomic E-state index is -4.84. The number of anilines is 2. The van der Waals surface area contributed by atoms with E-state index in [9.17, 15) is 45.5 Å². The number of phenols is 1. The number of rotatable bonds is 7. The number of imide groups is 1. The molecule has 0 bridgehead atoms. The molecule has 60 heavy (non-hydrogen) atoms. The Morgan fingerprint density at radius 1 is 0.800 bits per heavy atom. The third-order valence-corrected chi connectivity index (χ3v) is 8.02. The van der Waals surface area contributed by atoms with Gasteiger partial charge in [0.25, 0.3) is 5.91 Å². The third-order valence-electron chi connectivity index (χ3n) is 8.02. The summed E-state index contributed by atoms with van der Waals surface area (Å²) in [6, 6.07) is 7.67. The molecule has 23 heteroatoms. The minimum absolute atomic E-state index is 0.0277. The van der Waals surface area contributed by atoms with Crippen molar-refractivity contribution in [2.24, 2.45) is 19.8 Å². The number of carbonyl (C=O) groups excluding carboxylic acids is 4. The number of nitrogens with zero attached hydrogens (tertiary/aromatic N) is 6. The first kappa shape index (κ1) is 45.2. The van der Waals surface area contributed by atoms with Gasteiger partial charge < -0.3 is 31.4 Å². The van der Waals surface area contributed by atoms with E-state index in [4.69, 9.17) is 21.3 Å². The highest BCUT2D eigenvalue weighted by Gasteiger charge is 2.35. The van der Waals surface area contributed by atoms with Crippen LogP contribution >= 0.6 is 0 Å². The molecule has 0 radical (unpaired) electrons. The van der Waals surface area contributed by atoms with Crippen molar-refractivity contribution in [2.45, 2.75) is 33.1 Å². The molecule has 318 valence electrons. The molecule has 4 aromatic heterocycles. The number of nitrogen functional groups attached to an aromatic ring is 1. The predicted molar refractivity (Wildman–Crippen MR) is 203 cm³/mol. The molecule has 7 N–H and O–H groups in total. The SMILES string of the molecule is CCOC(=O)COc1ccc(NC(=O)NC(=O)c2cnc3c(c2)c(C)nn3C)cc1C(F)(F)F.Cc1nn(C)c2ncc(C(N)=O)cc12.Nc1ccc(O)c(C(F)(F)F)c1. The van der Waals surface area contributed by atoms with Crippen molar-refractivity contribution < 1.29 is 60.1 Å². The Kier molecular flexibility index (Phi) is 13.9. The molecule has 2 aromatic carbocycles. The van der Waals surface area contributed by atoms with Gasteiger partial charge in [-0.3, -0.25) is 24.3 Å². The number of hydrogen-bond donors (Lipinski definition) is 5. The Balaban J connectivity index is 0.000000247. The van der Waals surface area contributed by atoms with Gasteiger partial charge in [-0.15, -0.1) is 0 Å². The van der Waals surface area contributed by atoms with Crippen LogP contribution in [0.2, 0.25) is 0 Å². The third kappa shape index (κ3) is 11.3. The van der Waals surface area contributed by atoms with E-state index in [2.05, 4.69) is 30.2 Å². The molecule has 0 saturated heterocycles. The molecule has 0 spiro atoms. The number of benzene rings is 2. The Morgan fingerprint density at radius 2 is 1.35 bits per heavy atom. The molecule has 4 heterocycles. The number of alkyl halides is 6. The van der Waals surface area contributed by atoms with Crippen LogP contribution in [0.4, 0.5) is 42.5 Å². The van der Waals surface area contributed by atoms with Crippen LogP contribution < -0.4 is 26.8 Å². The number of urea groups is 1. The topological polar surface area (TPSA) is 244 Å². The highest BCUT2D eigenvalue weighted by molar-refractivity contribution is 6.09. The number of esters is 1. The van der Waals surface area contributed by atoms with Crippen molar-refractivity contribution in [1.82, 2.24) is 34.8 Å². The van der Waals surface area contributed by atoms with Crippen molar-refractivity contribution in [3.8, 4) is 11.5 Å². The number of amides is 4. The number of hydrogen-bond acceptors (Lipinski definition) is 12. The average molecular weight is 847 g/mol. The molecule has 6 rings (SSSR count). The van der Waals surface area contributed by atoms with Gasteiger partial charge >= 0.3 is 24.4 Å². The van der Waals surface area contributed by atoms with E-state index in [1.165, 1.54) is 29.2 Å². The first-order valence-corrected chi connectivity index (χ1v) is 17.2. The molecular weight excluding hydrogens is 810 g/mol. The number of aryl methyl sites for hydroxylation is 4. The van der Waals surface area contributed by atoms with Crippen LogP contribution in [0.25, 0.3) is 22.1 Å². The zero-order valence-corrected chi connectivity index (χ0v) is 32.2. The van der Waals surface area contributed by atoms with E-state index in [0.29, 0.717) is 34.4 Å². The van der Waals surface area contributed by atoms with E-state index >= 15 is 0 Å². The van der Waals surface area contributed by atoms with Crippen LogP contribution in [0.1, 0.15) is 50.2 Å². The van der Waals surface area contributed by atoms with Gasteiger partial charge in [-0.2, -0.15) is 36.5 Å². The second-order valence-corrected chi connectivity index (χ2v) is 12.5. The summed E-state index contributed by atoms with van der Waals surface area (Å²) in [5.41, 5.74) is 10.9. The van der Waals surface area contributed by atoms with Gasteiger partial charge in [-0.1, -0.05) is 0 Å². The lowest BCUT2D eigenvalue weighted by Crippen LogP contribution is -2.34. The smallest absolute Gasteiger partial charge is 0.420 e. The maximum absolute atomic E-state index is 13.4. The van der Waals surface area contributed by atoms with Crippen molar-refractivity contribution in [2.75, 3.05) is 24.3 Å². The van der Waals surface area contributed by atoms with Gasteiger partial charge in [-0.05, 0) is 69.3 Å². The predicted octanol–water partition coefficient (Wildman–Crippen LogP) is 5.57. The summed E-state index contributed by atoms with van der Waals surface area (Å²) < 4.78 is 89.1. The van der Waals surface area contributed by atoms with E-state index < -0.39 is 65.4 Å². The van der Waals surface area contributed by atoms with Crippen LogP contribution in [0.15, 0.2) is 60.9 Å². The minimum Gasteiger partial charge on any atom is -0.507 e. The highest BCUT2D eigenvalue weighted by Crippen LogP contribution is 2.38. The van der Waals surface area contributed by atoms with Gasteiger partial charge in [0, 0.05) is 48.6 Å². The molecular formula is C37H36F6N10O7. The van der Waals surface area contributed by atoms with Gasteiger partial charge in [0.2, 0.25) is 5.91 Å². The molecule has 0 aliphatic heterocycles. The fraction of sp³-hybridized carbons (Fsp3) is 0.243. The normalized spacial score (nSPS) is 11.2. The number of aromatic hydroxyl groups is 1. The molecule has 0 atom stereocenters. The maximum atomic E-state index is 13.4. The molecule has 0 aliphatic rings. The fourth-order valence-corrected chi connectivity index (χ4v) is 5.29. The molecule has 17 nitrogen and oxygen atoms in total. The zero-order valence-electron chi connectivity index (χ0n) is 32.2. The fourth-order valence-electron chi connectivity index (χ4n) is 5.29. The summed E-state index contributed by atoms with van der Waals surface area (Å²) >= 11 is 0. The molecule has 0 unspecified atom stereocenters. The Bertz CT molecular complexity index is 2570. The summed E-state index contributed by atoms with van der Waals surface area (Å²) in [7, 11) is 3.50. The van der Waals surface area contributed by atoms with E-state index in [1.54, 1.807) is 31.6 Å². The maximum Gasteiger partial charge on any atom is 0.420 e. The lowest BCUT2D eigenvalue weighted by molar-refractivity contribution is -0.147. The second-order valence-electron chi connectivity index (χ2n) is 12.5. The van der Waals surface area contributed by atoms with Crippen molar-refractivity contribution in [3.05, 3.63) is 94.6 Å². The zero-order chi connectivity index (χ0) is 44.7. The number of phenolic OH excluding ortho intramolecular Hbond substituents is 1. The summed E-state index contributed by atoms with van der Waals surface area (Å²) in [4.78, 5) is 55.2. The van der Waals surface area contributed by atoms with Crippen molar-refractivity contribution in [3.63, 3.8) is 0 Å². The summed E-state index contributed by atoms with van der Waals surface area (Å²) in [5.74, 6) is -3.53. The Hall–Kier alpha value is -7.46. The van der Waals surface area contributed by atoms with E-state index in [0.717, 1.165) is 34.9 Å². The number of aromatic nitrogens is 6. The number of carbonyl (C=O) groups is 4. The first-order chi connectivity index (χ1) is 28.0. The van der Waals surface area contributed by atoms with Gasteiger partial charge in [0.15, 0.2) is 17.9 Å². The van der Waals surface area contributed by atoms with E-state index in [-0.39, 0.29) is 23.5 Å². The number of pyridine rings is 2. The van der Waals surface area contributed by atoms with Crippen LogP contribution in [-0.4, -0.2) is 71.7 Å². The molecule has 0 saturated carbocycles. The number of fused-ring (bicyclic) bond motifs is 2. The Labute approximate surface area is 335 Å². The monoisotopic (exact) mass is 846 g/mol. The van der Waals surface area contributed by atoms with Crippen LogP contribution in [-0.2, 0) is 36.0 Å². The van der Waals surface area contributed by atoms with Gasteiger partial charge in [0.05, 0.1) is 40.2 Å². The second kappa shape index (κ2) is 18.4. The molecule has 0 fully saturated rings. The average Bonchev–Trinajstić information content (AvgIpc) is 3.62. The standard InChI is InChI=1S/C21H20F3N5O5.C9H10N4O.C7H6F3NO/c1-4-33-17(30)10-34-16-6-5-13(8-15(16)21(22,23)24)26-20(32)27-19(31)12-7-14-11(2)28-29(3)18(14)25-9-12;1-5-7-3-6(8(10)14)4-11-9(7)13(2)12-5;8-7(9,10)5-3-4(11)1-2-6(5)12/h5-9H,4,10H2,1-3H3,(H2,26,27,31,32);3-4H,1-2H3,(H2,10,14);1-3,12H,11H2. The van der Waals surface area contributed by atoms with E-state index in [1.807, 2.05) is 19.3 Å². The van der Waals surface area contributed by atoms with Crippen LogP contribution in [0.5, 0.6) is 11.5 Å². The number of nitrogens with two attached hydrogens (primary N) is 2. The lowest BCUT2D eigenvalue weighted by atomic mass is 10.1. The molecule has 4 amide bonds. The number of primary amides is 1. The Morgan fingerprint density at radius 3 is 1.87 bits per heavy atom.